The molecule has 0 bridgehead atoms. The van der Waals surface area contributed by atoms with Crippen LogP contribution in [0.4, 0.5) is 17.2 Å². The Morgan fingerprint density at radius 2 is 2.00 bits per heavy atom. The van der Waals surface area contributed by atoms with Crippen molar-refractivity contribution in [2.45, 2.75) is 6.92 Å². The Labute approximate surface area is 162 Å². The highest BCUT2D eigenvalue weighted by Crippen LogP contribution is 2.29. The molecule has 3 aromatic rings. The van der Waals surface area contributed by atoms with E-state index in [0.717, 1.165) is 12.1 Å². The molecule has 1 amide bonds. The number of hydrogen-bond acceptors (Lipinski definition) is 8. The second-order valence-electron chi connectivity index (χ2n) is 5.72. The normalized spacial score (nSPS) is 10.2. The quantitative estimate of drug-likeness (QED) is 0.509. The Morgan fingerprint density at radius 1 is 1.24 bits per heavy atom. The molecular weight excluding hydrogens is 382 g/mol. The molecule has 0 aliphatic rings. The minimum atomic E-state index is -0.872. The summed E-state index contributed by atoms with van der Waals surface area (Å²) >= 11 is 0. The number of pyridine rings is 1. The highest BCUT2D eigenvalue weighted by molar-refractivity contribution is 6.06. The first-order valence-electron chi connectivity index (χ1n) is 7.97. The molecule has 0 unspecified atom stereocenters. The molecular formula is C17H11N7O5. The molecule has 0 atom stereocenters. The number of rotatable bonds is 5. The van der Waals surface area contributed by atoms with Gasteiger partial charge >= 0.3 is 0 Å². The molecule has 1 N–H and O–H groups in total. The van der Waals surface area contributed by atoms with Gasteiger partial charge in [-0.3, -0.25) is 25.0 Å². The number of nitro groups is 2. The van der Waals surface area contributed by atoms with E-state index in [1.165, 1.54) is 24.0 Å². The van der Waals surface area contributed by atoms with Crippen LogP contribution in [0.3, 0.4) is 0 Å². The highest BCUT2D eigenvalue weighted by Gasteiger charge is 2.26. The molecule has 3 rings (SSSR count). The third kappa shape index (κ3) is 3.60. The van der Waals surface area contributed by atoms with Crippen LogP contribution in [0.5, 0.6) is 0 Å². The van der Waals surface area contributed by atoms with Crippen molar-refractivity contribution >= 4 is 23.1 Å². The zero-order valence-corrected chi connectivity index (χ0v) is 14.8. The zero-order chi connectivity index (χ0) is 21.1. The van der Waals surface area contributed by atoms with Crippen LogP contribution in [0.1, 0.15) is 21.5 Å². The number of amides is 1. The summed E-state index contributed by atoms with van der Waals surface area (Å²) in [6.07, 6.45) is 2.70. The van der Waals surface area contributed by atoms with Gasteiger partial charge in [0.2, 0.25) is 0 Å². The van der Waals surface area contributed by atoms with Gasteiger partial charge in [0.05, 0.1) is 27.7 Å². The number of nitrogens with one attached hydrogen (secondary N) is 1. The molecule has 2 aromatic heterocycles. The maximum Gasteiger partial charge on any atom is 0.279 e. The molecule has 0 fully saturated rings. The van der Waals surface area contributed by atoms with Gasteiger partial charge in [0.15, 0.2) is 11.6 Å². The van der Waals surface area contributed by atoms with Crippen LogP contribution in [-0.4, -0.2) is 30.5 Å². The van der Waals surface area contributed by atoms with E-state index in [1.807, 2.05) is 6.07 Å². The van der Waals surface area contributed by atoms with Crippen molar-refractivity contribution in [1.29, 1.82) is 5.26 Å². The van der Waals surface area contributed by atoms with Crippen LogP contribution >= 0.6 is 0 Å². The minimum Gasteiger partial charge on any atom is -0.305 e. The number of carbonyl (C=O) groups excluding carboxylic acids is 1. The molecule has 0 radical (unpaired) electrons. The van der Waals surface area contributed by atoms with E-state index in [1.54, 1.807) is 18.2 Å². The first-order valence-corrected chi connectivity index (χ1v) is 7.97. The number of aromatic nitrogens is 3. The maximum absolute atomic E-state index is 12.8. The molecule has 0 spiro atoms. The molecule has 0 saturated carbocycles. The van der Waals surface area contributed by atoms with Crippen molar-refractivity contribution in [3.8, 4) is 11.9 Å². The Hall–Kier alpha value is -4.66. The van der Waals surface area contributed by atoms with Gasteiger partial charge in [0.25, 0.3) is 17.3 Å². The fourth-order valence-electron chi connectivity index (χ4n) is 2.59. The average Bonchev–Trinajstić information content (AvgIpc) is 3.10. The molecule has 2 heterocycles. The van der Waals surface area contributed by atoms with Gasteiger partial charge in [-0.05, 0) is 19.1 Å². The lowest BCUT2D eigenvalue weighted by Gasteiger charge is -2.10. The molecule has 0 saturated heterocycles. The lowest BCUT2D eigenvalue weighted by Crippen LogP contribution is -2.18. The van der Waals surface area contributed by atoms with Crippen LogP contribution in [0.25, 0.3) is 5.82 Å². The van der Waals surface area contributed by atoms with Gasteiger partial charge < -0.3 is 5.32 Å². The number of nitriles is 1. The predicted molar refractivity (Wildman–Crippen MR) is 98.5 cm³/mol. The number of nitro benzene ring substituents is 2. The first-order chi connectivity index (χ1) is 13.8. The zero-order valence-electron chi connectivity index (χ0n) is 14.8. The topological polar surface area (TPSA) is 170 Å². The van der Waals surface area contributed by atoms with E-state index in [0.29, 0.717) is 5.82 Å². The largest absolute Gasteiger partial charge is 0.305 e. The van der Waals surface area contributed by atoms with E-state index in [-0.39, 0.29) is 22.5 Å². The van der Waals surface area contributed by atoms with Gasteiger partial charge in [-0.2, -0.15) is 15.0 Å². The third-order valence-electron chi connectivity index (χ3n) is 4.01. The first kappa shape index (κ1) is 19.1. The molecule has 0 aliphatic carbocycles. The maximum atomic E-state index is 12.8. The lowest BCUT2D eigenvalue weighted by molar-refractivity contribution is -0.394. The molecule has 144 valence electrons. The van der Waals surface area contributed by atoms with E-state index < -0.39 is 27.1 Å². The van der Waals surface area contributed by atoms with Crippen LogP contribution in [-0.2, 0) is 0 Å². The van der Waals surface area contributed by atoms with Crippen molar-refractivity contribution in [2.24, 2.45) is 0 Å². The SMILES string of the molecule is Cc1c(C(=O)Nc2c(C#N)cnn2-c2ccccn2)cc([N+](=O)[O-])cc1[N+](=O)[O-]. The fraction of sp³-hybridized carbons (Fsp3) is 0.0588. The third-order valence-corrected chi connectivity index (χ3v) is 4.01. The number of non-ortho nitro benzene ring substituents is 1. The lowest BCUT2D eigenvalue weighted by atomic mass is 10.0. The predicted octanol–water partition coefficient (Wildman–Crippen LogP) is 2.52. The van der Waals surface area contributed by atoms with Gasteiger partial charge in [-0.25, -0.2) is 4.98 Å². The molecule has 12 heteroatoms. The number of benzene rings is 1. The molecule has 1 aromatic carbocycles. The second-order valence-corrected chi connectivity index (χ2v) is 5.72. The van der Waals surface area contributed by atoms with Crippen molar-refractivity contribution in [1.82, 2.24) is 14.8 Å². The Bertz CT molecular complexity index is 1180. The summed E-state index contributed by atoms with van der Waals surface area (Å²) in [5, 5.41) is 38.1. The Morgan fingerprint density at radius 3 is 2.59 bits per heavy atom. The standard InChI is InChI=1S/C17H11N7O5/c1-10-13(6-12(23(26)27)7-14(10)24(28)29)17(25)21-16-11(8-18)9-20-22(16)15-4-2-3-5-19-15/h2-7,9H,1H3,(H,21,25). The Balaban J connectivity index is 2.09. The van der Waals surface area contributed by atoms with E-state index >= 15 is 0 Å². The summed E-state index contributed by atoms with van der Waals surface area (Å²) in [7, 11) is 0. The Kier molecular flexibility index (Phi) is 4.96. The second kappa shape index (κ2) is 7.53. The van der Waals surface area contributed by atoms with Crippen LogP contribution < -0.4 is 5.32 Å². The minimum absolute atomic E-state index is 0.0154. The summed E-state index contributed by atoms with van der Waals surface area (Å²) in [5.41, 5.74) is -1.49. The number of nitrogens with zero attached hydrogens (tertiary/aromatic N) is 6. The van der Waals surface area contributed by atoms with Gasteiger partial charge in [-0.1, -0.05) is 6.07 Å². The summed E-state index contributed by atoms with van der Waals surface area (Å²) in [6, 6.07) is 8.53. The summed E-state index contributed by atoms with van der Waals surface area (Å²) in [6.45, 7) is 1.30. The number of carbonyl (C=O) groups is 1. The van der Waals surface area contributed by atoms with Gasteiger partial charge in [0.1, 0.15) is 11.6 Å². The van der Waals surface area contributed by atoms with Crippen molar-refractivity contribution in [3.05, 3.63) is 79.6 Å². The van der Waals surface area contributed by atoms with Gasteiger partial charge in [0, 0.05) is 17.8 Å². The summed E-state index contributed by atoms with van der Waals surface area (Å²) in [5.74, 6) is -0.584. The smallest absolute Gasteiger partial charge is 0.279 e. The van der Waals surface area contributed by atoms with Gasteiger partial charge in [-0.15, -0.1) is 0 Å². The average molecular weight is 393 g/mol. The van der Waals surface area contributed by atoms with Crippen molar-refractivity contribution in [3.63, 3.8) is 0 Å². The van der Waals surface area contributed by atoms with Crippen LogP contribution in [0, 0.1) is 38.5 Å². The van der Waals surface area contributed by atoms with Crippen LogP contribution in [0.15, 0.2) is 42.7 Å². The molecule has 0 aliphatic heterocycles. The number of anilines is 1. The fourth-order valence-corrected chi connectivity index (χ4v) is 2.59. The summed E-state index contributed by atoms with van der Waals surface area (Å²) < 4.78 is 1.21. The monoisotopic (exact) mass is 393 g/mol. The van der Waals surface area contributed by atoms with Crippen LogP contribution in [0.2, 0.25) is 0 Å². The van der Waals surface area contributed by atoms with E-state index in [9.17, 15) is 30.3 Å². The highest BCUT2D eigenvalue weighted by atomic mass is 16.6. The number of hydrogen-bond donors (Lipinski definition) is 1. The van der Waals surface area contributed by atoms with E-state index in [4.69, 9.17) is 0 Å². The molecule has 12 nitrogen and oxygen atoms in total. The van der Waals surface area contributed by atoms with Crippen molar-refractivity contribution < 1.29 is 14.6 Å². The van der Waals surface area contributed by atoms with Crippen molar-refractivity contribution in [2.75, 3.05) is 5.32 Å². The summed E-state index contributed by atoms with van der Waals surface area (Å²) in [4.78, 5) is 37.6. The van der Waals surface area contributed by atoms with E-state index in [2.05, 4.69) is 15.4 Å². The molecule has 29 heavy (non-hydrogen) atoms.